The fraction of sp³-hybridized carbons (Fsp3) is 0.643. The summed E-state index contributed by atoms with van der Waals surface area (Å²) < 4.78 is 66.8. The first-order valence-corrected chi connectivity index (χ1v) is 28.3. The Kier molecular flexibility index (Phi) is 27.2. The number of esters is 1. The molecular formula is C56H82N8O20. The van der Waals surface area contributed by atoms with Gasteiger partial charge in [0.25, 0.3) is 5.56 Å². The molecule has 3 aliphatic heterocycles. The number of aliphatic hydroxyl groups is 1. The molecule has 0 bridgehead atoms. The number of nitrogens with zero attached hydrogens (tertiary/aromatic N) is 2. The predicted octanol–water partition coefficient (Wildman–Crippen LogP) is 0.389. The average molecular weight is 1190 g/mol. The minimum absolute atomic E-state index is 0.0161. The Balaban J connectivity index is 0.922. The molecule has 84 heavy (non-hydrogen) atoms. The number of aliphatic hydroxyl groups excluding tert-OH is 1. The van der Waals surface area contributed by atoms with Gasteiger partial charge in [0.15, 0.2) is 17.6 Å². The lowest BCUT2D eigenvalue weighted by atomic mass is 9.98. The largest absolute Gasteiger partial charge is 0.458 e. The molecule has 0 saturated carbocycles. The zero-order valence-electron chi connectivity index (χ0n) is 48.6. The normalized spacial score (nSPS) is 14.8. The summed E-state index contributed by atoms with van der Waals surface area (Å²) in [6.45, 7) is 14.6. The molecule has 0 radical (unpaired) electrons. The summed E-state index contributed by atoms with van der Waals surface area (Å²) in [6.07, 6.45) is -2.15. The highest BCUT2D eigenvalue weighted by molar-refractivity contribution is 5.94. The molecule has 3 aromatic rings. The van der Waals surface area contributed by atoms with E-state index in [9.17, 15) is 38.7 Å². The van der Waals surface area contributed by atoms with Crippen LogP contribution in [0.25, 0.3) is 22.3 Å². The van der Waals surface area contributed by atoms with Crippen LogP contribution in [-0.4, -0.2) is 200 Å². The van der Waals surface area contributed by atoms with E-state index in [0.29, 0.717) is 137 Å². The van der Waals surface area contributed by atoms with Crippen molar-refractivity contribution in [3.8, 4) is 22.9 Å². The summed E-state index contributed by atoms with van der Waals surface area (Å²) in [5.74, 6) is -2.82. The van der Waals surface area contributed by atoms with E-state index in [4.69, 9.17) is 67.6 Å². The lowest BCUT2D eigenvalue weighted by Gasteiger charge is -2.25. The van der Waals surface area contributed by atoms with Crippen molar-refractivity contribution in [1.82, 2.24) is 36.1 Å². The predicted molar refractivity (Wildman–Crippen MR) is 299 cm³/mol. The van der Waals surface area contributed by atoms with Crippen LogP contribution in [0.1, 0.15) is 82.2 Å². The number of hydrogen-bond donors (Lipinski definition) is 7. The first-order chi connectivity index (χ1) is 40.4. The first kappa shape index (κ1) is 66.5. The first-order valence-electron chi connectivity index (χ1n) is 28.3. The maximum absolute atomic E-state index is 13.9. The van der Waals surface area contributed by atoms with Gasteiger partial charge in [0.05, 0.1) is 141 Å². The SMILES string of the molecule is CC(C)[C@H](NC(=O)CCOCCOCCOCCOCCOCCOCCOCCOCCN)C(=O)N[C@@H](CCCNC(=O)OC(C)(C)C)C(=O)NCC(=O)NCc1c2c(nc3cc4c(cc13)OCO4)-c1cc3c(c(=O)n1C2)COC(=O)[C@H]3O. The van der Waals surface area contributed by atoms with Crippen LogP contribution >= 0.6 is 0 Å². The maximum Gasteiger partial charge on any atom is 0.407 e. The number of fused-ring (bicyclic) bond motifs is 6. The van der Waals surface area contributed by atoms with Gasteiger partial charge in [-0.3, -0.25) is 24.0 Å². The number of ether oxygens (including phenoxy) is 12. The molecule has 466 valence electrons. The third-order valence-electron chi connectivity index (χ3n) is 13.0. The standard InChI is InChI=1S/C56H82N8O20/c1-35(2)48(63-46(65)8-11-73-13-15-75-17-19-77-21-23-79-25-26-80-24-22-78-20-18-76-16-14-74-12-9-57)52(69)62-41(7-6-10-58-55(72)84-56(3,4)5)51(68)60-31-47(66)59-30-38-36-28-44-45(83-34-82-44)29-42(36)61-49-39(38)32-64-43(49)27-37-40(53(64)70)33-81-54(71)50(37)67/h27-29,35,41,48,50,67H,6-26,30-34,57H2,1-5H3,(H,58,72)(H,59,66)(H,60,68)(H,62,69)(H,63,65)/t41-,48-,50-/m0/s1. The number of aromatic nitrogens is 2. The number of carbonyl (C=O) groups is 6. The topological polar surface area (TPSA) is 354 Å². The summed E-state index contributed by atoms with van der Waals surface area (Å²) in [6, 6.07) is 2.70. The van der Waals surface area contributed by atoms with E-state index in [-0.39, 0.29) is 83.2 Å². The quantitative estimate of drug-likeness (QED) is 0.0235. The molecule has 0 fully saturated rings. The number of nitrogens with one attached hydrogen (secondary N) is 5. The fourth-order valence-corrected chi connectivity index (χ4v) is 8.85. The fourth-order valence-electron chi connectivity index (χ4n) is 8.85. The van der Waals surface area contributed by atoms with Gasteiger partial charge >= 0.3 is 12.1 Å². The third kappa shape index (κ3) is 20.9. The molecule has 28 heteroatoms. The van der Waals surface area contributed by atoms with Crippen LogP contribution in [-0.2, 0) is 91.0 Å². The molecule has 8 N–H and O–H groups in total. The highest BCUT2D eigenvalue weighted by Crippen LogP contribution is 2.42. The third-order valence-corrected chi connectivity index (χ3v) is 13.0. The van der Waals surface area contributed by atoms with Crippen LogP contribution in [0.4, 0.5) is 4.79 Å². The Bertz CT molecular complexity index is 2740. The Hall–Kier alpha value is -6.60. The van der Waals surface area contributed by atoms with Crippen molar-refractivity contribution in [2.24, 2.45) is 11.7 Å². The van der Waals surface area contributed by atoms with Crippen molar-refractivity contribution in [3.63, 3.8) is 0 Å². The average Bonchev–Trinajstić information content (AvgIpc) is 1.70. The molecule has 0 unspecified atom stereocenters. The second-order valence-electron chi connectivity index (χ2n) is 20.9. The molecule has 0 saturated heterocycles. The van der Waals surface area contributed by atoms with Crippen molar-refractivity contribution in [2.75, 3.05) is 132 Å². The van der Waals surface area contributed by atoms with Gasteiger partial charge in [-0.1, -0.05) is 13.8 Å². The number of nitrogens with two attached hydrogens (primary N) is 1. The summed E-state index contributed by atoms with van der Waals surface area (Å²) in [7, 11) is 0. The van der Waals surface area contributed by atoms with Gasteiger partial charge in [0.1, 0.15) is 24.3 Å². The molecule has 2 aromatic heterocycles. The highest BCUT2D eigenvalue weighted by Gasteiger charge is 2.36. The van der Waals surface area contributed by atoms with E-state index < -0.39 is 77.5 Å². The molecular weight excluding hydrogens is 1100 g/mol. The van der Waals surface area contributed by atoms with Crippen molar-refractivity contribution in [1.29, 1.82) is 0 Å². The number of amides is 5. The Morgan fingerprint density at radius 3 is 1.86 bits per heavy atom. The van der Waals surface area contributed by atoms with Crippen molar-refractivity contribution in [3.05, 3.63) is 50.8 Å². The summed E-state index contributed by atoms with van der Waals surface area (Å²) in [4.78, 5) is 97.7. The lowest BCUT2D eigenvalue weighted by molar-refractivity contribution is -0.157. The van der Waals surface area contributed by atoms with Gasteiger partial charge in [0, 0.05) is 48.6 Å². The number of rotatable bonds is 39. The zero-order valence-corrected chi connectivity index (χ0v) is 48.6. The zero-order chi connectivity index (χ0) is 60.4. The minimum Gasteiger partial charge on any atom is -0.458 e. The van der Waals surface area contributed by atoms with E-state index in [2.05, 4.69) is 26.6 Å². The number of benzene rings is 1. The van der Waals surface area contributed by atoms with Gasteiger partial charge in [-0.05, 0) is 57.2 Å². The molecule has 28 nitrogen and oxygen atoms in total. The molecule has 5 heterocycles. The monoisotopic (exact) mass is 1190 g/mol. The van der Waals surface area contributed by atoms with Crippen molar-refractivity contribution < 1.29 is 90.7 Å². The second-order valence-corrected chi connectivity index (χ2v) is 20.9. The molecule has 0 aliphatic carbocycles. The van der Waals surface area contributed by atoms with Gasteiger partial charge in [-0.15, -0.1) is 0 Å². The highest BCUT2D eigenvalue weighted by atomic mass is 16.7. The Morgan fingerprint density at radius 2 is 1.29 bits per heavy atom. The number of pyridine rings is 2. The Labute approximate surface area is 487 Å². The van der Waals surface area contributed by atoms with Crippen LogP contribution in [0.5, 0.6) is 11.5 Å². The van der Waals surface area contributed by atoms with Crippen molar-refractivity contribution >= 4 is 46.6 Å². The van der Waals surface area contributed by atoms with Crippen LogP contribution in [0, 0.1) is 5.92 Å². The van der Waals surface area contributed by atoms with Gasteiger partial charge in [0.2, 0.25) is 30.4 Å². The van der Waals surface area contributed by atoms with E-state index in [0.717, 1.165) is 0 Å². The van der Waals surface area contributed by atoms with Crippen LogP contribution < -0.4 is 47.4 Å². The van der Waals surface area contributed by atoms with E-state index in [1.54, 1.807) is 52.8 Å². The van der Waals surface area contributed by atoms with E-state index in [1.807, 2.05) is 0 Å². The molecule has 3 atom stereocenters. The smallest absolute Gasteiger partial charge is 0.407 e. The van der Waals surface area contributed by atoms with E-state index >= 15 is 0 Å². The lowest BCUT2D eigenvalue weighted by Crippen LogP contribution is -2.56. The number of alkyl carbamates (subject to hydrolysis) is 1. The molecule has 5 amide bonds. The number of cyclic esters (lactones) is 1. The van der Waals surface area contributed by atoms with Gasteiger partial charge in [-0.25, -0.2) is 14.6 Å². The van der Waals surface area contributed by atoms with Crippen molar-refractivity contribution in [2.45, 2.75) is 97.4 Å². The maximum atomic E-state index is 13.9. The molecule has 0 spiro atoms. The Morgan fingerprint density at radius 1 is 0.714 bits per heavy atom. The number of carbonyl (C=O) groups excluding carboxylic acids is 6. The minimum atomic E-state index is -1.66. The summed E-state index contributed by atoms with van der Waals surface area (Å²) >= 11 is 0. The van der Waals surface area contributed by atoms with E-state index in [1.165, 1.54) is 4.57 Å². The van der Waals surface area contributed by atoms with Crippen LogP contribution in [0.3, 0.4) is 0 Å². The molecule has 6 rings (SSSR count). The molecule has 3 aliphatic rings. The van der Waals surface area contributed by atoms with Gasteiger partial charge < -0.3 is 98.8 Å². The van der Waals surface area contributed by atoms with Gasteiger partial charge in [-0.2, -0.15) is 0 Å². The van der Waals surface area contributed by atoms with Crippen LogP contribution in [0.15, 0.2) is 23.0 Å². The number of hydrogen-bond acceptors (Lipinski definition) is 22. The van der Waals surface area contributed by atoms with Crippen LogP contribution in [0.2, 0.25) is 0 Å². The summed E-state index contributed by atoms with van der Waals surface area (Å²) in [5, 5.41) is 24.8. The summed E-state index contributed by atoms with van der Waals surface area (Å²) in [5.41, 5.74) is 6.79. The second kappa shape index (κ2) is 34.4. The molecule has 1 aromatic carbocycles.